The first-order chi connectivity index (χ1) is 9.00. The van der Waals surface area contributed by atoms with E-state index in [1.807, 2.05) is 0 Å². The standard InChI is InChI=1S/C10H12BrN3O3S2/c11-8-1-4-18-9(8)19(16,17)13-2-3-14-7(6-13)5-12-10(14)15/h1,4,7H,2-3,5-6H2,(H,12,15). The molecule has 104 valence electrons. The third-order valence-corrected chi connectivity index (χ3v) is 7.87. The molecule has 2 fully saturated rings. The number of nitrogens with zero attached hydrogens (tertiary/aromatic N) is 2. The first kappa shape index (κ1) is 13.3. The van der Waals surface area contributed by atoms with Crippen molar-refractivity contribution in [1.29, 1.82) is 0 Å². The molecule has 1 aromatic heterocycles. The second kappa shape index (κ2) is 4.72. The number of fused-ring (bicyclic) bond motifs is 1. The summed E-state index contributed by atoms with van der Waals surface area (Å²) in [6.45, 7) is 1.65. The van der Waals surface area contributed by atoms with Gasteiger partial charge in [0.05, 0.1) is 6.04 Å². The molecule has 19 heavy (non-hydrogen) atoms. The fourth-order valence-electron chi connectivity index (χ4n) is 2.37. The Morgan fingerprint density at radius 1 is 1.42 bits per heavy atom. The van der Waals surface area contributed by atoms with Crippen molar-refractivity contribution in [2.75, 3.05) is 26.2 Å². The lowest BCUT2D eigenvalue weighted by molar-refractivity contribution is 0.164. The van der Waals surface area contributed by atoms with E-state index in [2.05, 4.69) is 21.2 Å². The molecule has 2 aliphatic rings. The van der Waals surface area contributed by atoms with Crippen LogP contribution in [-0.4, -0.2) is 55.9 Å². The Kier molecular flexibility index (Phi) is 3.32. The average molecular weight is 366 g/mol. The van der Waals surface area contributed by atoms with E-state index in [-0.39, 0.29) is 12.1 Å². The summed E-state index contributed by atoms with van der Waals surface area (Å²) >= 11 is 4.47. The predicted molar refractivity (Wildman–Crippen MR) is 74.7 cm³/mol. The highest BCUT2D eigenvalue weighted by Gasteiger charge is 2.40. The largest absolute Gasteiger partial charge is 0.336 e. The van der Waals surface area contributed by atoms with Gasteiger partial charge < -0.3 is 10.2 Å². The van der Waals surface area contributed by atoms with Crippen LogP contribution in [0.2, 0.25) is 0 Å². The number of hydrogen-bond donors (Lipinski definition) is 1. The van der Waals surface area contributed by atoms with Crippen molar-refractivity contribution < 1.29 is 13.2 Å². The fourth-order valence-corrected chi connectivity index (χ4v) is 6.29. The number of hydrogen-bond acceptors (Lipinski definition) is 4. The number of amides is 2. The molecule has 2 aliphatic heterocycles. The van der Waals surface area contributed by atoms with Gasteiger partial charge in [-0.1, -0.05) is 0 Å². The number of carbonyl (C=O) groups is 1. The van der Waals surface area contributed by atoms with Crippen molar-refractivity contribution in [3.05, 3.63) is 15.9 Å². The van der Waals surface area contributed by atoms with Gasteiger partial charge >= 0.3 is 6.03 Å². The molecule has 0 aromatic carbocycles. The predicted octanol–water partition coefficient (Wildman–Crippen LogP) is 0.909. The first-order valence-corrected chi connectivity index (χ1v) is 8.89. The summed E-state index contributed by atoms with van der Waals surface area (Å²) in [6.07, 6.45) is 0. The van der Waals surface area contributed by atoms with Crippen LogP contribution >= 0.6 is 27.3 Å². The summed E-state index contributed by atoms with van der Waals surface area (Å²) in [7, 11) is -3.47. The van der Waals surface area contributed by atoms with Crippen LogP contribution in [0.4, 0.5) is 4.79 Å². The van der Waals surface area contributed by atoms with Gasteiger partial charge in [0, 0.05) is 30.7 Å². The zero-order valence-corrected chi connectivity index (χ0v) is 13.1. The van der Waals surface area contributed by atoms with Crippen molar-refractivity contribution in [2.45, 2.75) is 10.3 Å². The number of nitrogens with one attached hydrogen (secondary N) is 1. The molecule has 2 saturated heterocycles. The van der Waals surface area contributed by atoms with Crippen LogP contribution in [0.15, 0.2) is 20.1 Å². The van der Waals surface area contributed by atoms with Crippen LogP contribution in [0, 0.1) is 0 Å². The molecule has 6 nitrogen and oxygen atoms in total. The van der Waals surface area contributed by atoms with Crippen LogP contribution in [-0.2, 0) is 10.0 Å². The molecule has 0 saturated carbocycles. The Morgan fingerprint density at radius 2 is 2.21 bits per heavy atom. The molecule has 2 amide bonds. The number of rotatable bonds is 2. The van der Waals surface area contributed by atoms with Gasteiger partial charge in [-0.3, -0.25) is 0 Å². The number of urea groups is 1. The molecule has 1 N–H and O–H groups in total. The third kappa shape index (κ3) is 2.18. The molecule has 1 aromatic rings. The Bertz CT molecular complexity index is 615. The Hall–Kier alpha value is -0.640. The lowest BCUT2D eigenvalue weighted by Crippen LogP contribution is -2.53. The molecular weight excluding hydrogens is 354 g/mol. The van der Waals surface area contributed by atoms with Gasteiger partial charge in [-0.05, 0) is 27.4 Å². The highest BCUT2D eigenvalue weighted by atomic mass is 79.9. The summed E-state index contributed by atoms with van der Waals surface area (Å²) in [5.41, 5.74) is 0. The second-order valence-corrected chi connectivity index (χ2v) is 8.36. The smallest absolute Gasteiger partial charge is 0.317 e. The second-order valence-electron chi connectivity index (χ2n) is 4.45. The van der Waals surface area contributed by atoms with Crippen LogP contribution in [0.25, 0.3) is 0 Å². The Morgan fingerprint density at radius 3 is 2.89 bits per heavy atom. The van der Waals surface area contributed by atoms with Crippen molar-refractivity contribution >= 4 is 43.3 Å². The maximum absolute atomic E-state index is 12.5. The van der Waals surface area contributed by atoms with E-state index in [1.54, 1.807) is 16.3 Å². The van der Waals surface area contributed by atoms with E-state index in [0.717, 1.165) is 0 Å². The maximum Gasteiger partial charge on any atom is 0.317 e. The highest BCUT2D eigenvalue weighted by molar-refractivity contribution is 9.10. The minimum Gasteiger partial charge on any atom is -0.336 e. The minimum atomic E-state index is -3.47. The summed E-state index contributed by atoms with van der Waals surface area (Å²) in [6, 6.07) is 1.57. The minimum absolute atomic E-state index is 0.0604. The molecule has 3 heterocycles. The normalized spacial score (nSPS) is 24.4. The van der Waals surface area contributed by atoms with E-state index < -0.39 is 10.0 Å². The van der Waals surface area contributed by atoms with Gasteiger partial charge in [0.15, 0.2) is 0 Å². The average Bonchev–Trinajstić information content (AvgIpc) is 2.96. The van der Waals surface area contributed by atoms with Crippen molar-refractivity contribution in [3.8, 4) is 0 Å². The molecule has 0 aliphatic carbocycles. The van der Waals surface area contributed by atoms with E-state index >= 15 is 0 Å². The molecule has 9 heteroatoms. The van der Waals surface area contributed by atoms with Crippen molar-refractivity contribution in [2.24, 2.45) is 0 Å². The molecule has 0 bridgehead atoms. The van der Waals surface area contributed by atoms with E-state index in [1.165, 1.54) is 15.6 Å². The summed E-state index contributed by atoms with van der Waals surface area (Å²) in [5, 5.41) is 4.48. The third-order valence-electron chi connectivity index (χ3n) is 3.35. The fraction of sp³-hybridized carbons (Fsp3) is 0.500. The summed E-state index contributed by atoms with van der Waals surface area (Å²) < 4.78 is 27.4. The number of sulfonamides is 1. The molecular formula is C10H12BrN3O3S2. The van der Waals surface area contributed by atoms with E-state index in [0.29, 0.717) is 34.9 Å². The molecule has 1 unspecified atom stereocenters. The zero-order chi connectivity index (χ0) is 13.6. The molecule has 3 rings (SSSR count). The van der Waals surface area contributed by atoms with Crippen molar-refractivity contribution in [1.82, 2.24) is 14.5 Å². The van der Waals surface area contributed by atoms with Crippen LogP contribution in [0.3, 0.4) is 0 Å². The van der Waals surface area contributed by atoms with E-state index in [4.69, 9.17) is 0 Å². The quantitative estimate of drug-likeness (QED) is 0.846. The lowest BCUT2D eigenvalue weighted by atomic mass is 10.2. The number of piperazine rings is 1. The molecule has 0 radical (unpaired) electrons. The van der Waals surface area contributed by atoms with Crippen LogP contribution in [0.5, 0.6) is 0 Å². The highest BCUT2D eigenvalue weighted by Crippen LogP contribution is 2.31. The van der Waals surface area contributed by atoms with Crippen molar-refractivity contribution in [3.63, 3.8) is 0 Å². The first-order valence-electron chi connectivity index (χ1n) is 5.78. The number of carbonyl (C=O) groups excluding carboxylic acids is 1. The van der Waals surface area contributed by atoms with Gasteiger partial charge in [0.25, 0.3) is 10.0 Å². The lowest BCUT2D eigenvalue weighted by Gasteiger charge is -2.35. The summed E-state index contributed by atoms with van der Waals surface area (Å²) in [5.74, 6) is 0. The van der Waals surface area contributed by atoms with Gasteiger partial charge in [-0.15, -0.1) is 11.3 Å². The monoisotopic (exact) mass is 365 g/mol. The van der Waals surface area contributed by atoms with Crippen LogP contribution < -0.4 is 5.32 Å². The molecule has 1 atom stereocenters. The maximum atomic E-state index is 12.5. The zero-order valence-electron chi connectivity index (χ0n) is 9.87. The van der Waals surface area contributed by atoms with Gasteiger partial charge in [-0.2, -0.15) is 4.31 Å². The molecule has 0 spiro atoms. The topological polar surface area (TPSA) is 69.7 Å². The van der Waals surface area contributed by atoms with E-state index in [9.17, 15) is 13.2 Å². The Balaban J connectivity index is 1.85. The summed E-state index contributed by atoms with van der Waals surface area (Å²) in [4.78, 5) is 13.2. The van der Waals surface area contributed by atoms with Gasteiger partial charge in [0.2, 0.25) is 0 Å². The van der Waals surface area contributed by atoms with Crippen LogP contribution in [0.1, 0.15) is 0 Å². The Labute approximate surface area is 123 Å². The SMILES string of the molecule is O=C1NCC2CN(S(=O)(=O)c3sccc3Br)CCN12. The van der Waals surface area contributed by atoms with Gasteiger partial charge in [0.1, 0.15) is 4.21 Å². The van der Waals surface area contributed by atoms with Gasteiger partial charge in [-0.25, -0.2) is 13.2 Å². The number of halogens is 1. The number of thiophene rings is 1.